The molecule has 0 spiro atoms. The van der Waals surface area contributed by atoms with E-state index in [4.69, 9.17) is 0 Å². The Balaban J connectivity index is 2.47. The van der Waals surface area contributed by atoms with Crippen LogP contribution in [0.5, 0.6) is 0 Å². The van der Waals surface area contributed by atoms with Crippen LogP contribution in [0.25, 0.3) is 6.08 Å². The summed E-state index contributed by atoms with van der Waals surface area (Å²) in [5.74, 6) is 0. The molecular weight excluding hydrogens is 132 g/mol. The highest BCUT2D eigenvalue weighted by atomic mass is 14.1. The summed E-state index contributed by atoms with van der Waals surface area (Å²) in [7, 11) is 0. The highest BCUT2D eigenvalue weighted by Crippen LogP contribution is 2.26. The van der Waals surface area contributed by atoms with Gasteiger partial charge in [-0.1, -0.05) is 43.0 Å². The van der Waals surface area contributed by atoms with Crippen LogP contribution >= 0.6 is 0 Å². The molecule has 2 rings (SSSR count). The average Bonchev–Trinajstić information content (AvgIpc) is 2.46. The van der Waals surface area contributed by atoms with Crippen molar-refractivity contribution in [2.45, 2.75) is 0 Å². The Morgan fingerprint density at radius 2 is 1.82 bits per heavy atom. The van der Waals surface area contributed by atoms with Gasteiger partial charge in [0.1, 0.15) is 0 Å². The molecule has 0 aliphatic heterocycles. The molecule has 11 heavy (non-hydrogen) atoms. The highest BCUT2D eigenvalue weighted by Gasteiger charge is 2.08. The molecule has 0 heteroatoms. The fourth-order valence-corrected chi connectivity index (χ4v) is 1.29. The van der Waals surface area contributed by atoms with Crippen LogP contribution in [0.2, 0.25) is 0 Å². The Morgan fingerprint density at radius 3 is 2.45 bits per heavy atom. The largest absolute Gasteiger partial charge is 0.0988 e. The van der Waals surface area contributed by atoms with E-state index in [0.29, 0.717) is 0 Å². The van der Waals surface area contributed by atoms with Gasteiger partial charge in [0, 0.05) is 6.42 Å². The third-order valence-electron chi connectivity index (χ3n) is 1.88. The molecule has 0 saturated carbocycles. The number of benzene rings is 1. The molecule has 0 aromatic heterocycles. The van der Waals surface area contributed by atoms with Crippen LogP contribution < -0.4 is 0 Å². The third kappa shape index (κ3) is 1.01. The lowest BCUT2D eigenvalue weighted by Gasteiger charge is -1.93. The van der Waals surface area contributed by atoms with Crippen molar-refractivity contribution in [3.05, 3.63) is 60.0 Å². The normalized spacial score (nSPS) is 14.0. The second kappa shape index (κ2) is 2.39. The first-order chi connectivity index (χ1) is 5.40. The zero-order valence-electron chi connectivity index (χ0n) is 6.25. The van der Waals surface area contributed by atoms with Gasteiger partial charge >= 0.3 is 0 Å². The van der Waals surface area contributed by atoms with Gasteiger partial charge in [0.05, 0.1) is 0 Å². The van der Waals surface area contributed by atoms with Crippen molar-refractivity contribution < 1.29 is 0 Å². The molecule has 0 nitrogen and oxygen atoms in total. The van der Waals surface area contributed by atoms with Crippen molar-refractivity contribution in [1.29, 1.82) is 0 Å². The van der Waals surface area contributed by atoms with Gasteiger partial charge in [-0.15, -0.1) is 0 Å². The topological polar surface area (TPSA) is 0 Å². The van der Waals surface area contributed by atoms with E-state index in [9.17, 15) is 0 Å². The Bertz CT molecular complexity index is 319. The molecule has 0 bridgehead atoms. The van der Waals surface area contributed by atoms with Crippen LogP contribution in [0.15, 0.2) is 42.5 Å². The lowest BCUT2D eigenvalue weighted by molar-refractivity contribution is 1.51. The van der Waals surface area contributed by atoms with Crippen LogP contribution in [0.4, 0.5) is 0 Å². The summed E-state index contributed by atoms with van der Waals surface area (Å²) < 4.78 is 0. The van der Waals surface area contributed by atoms with Crippen LogP contribution in [-0.2, 0) is 0 Å². The third-order valence-corrected chi connectivity index (χ3v) is 1.88. The molecule has 0 saturated heterocycles. The molecule has 1 aliphatic carbocycles. The molecule has 0 heterocycles. The minimum absolute atomic E-state index is 1.20. The number of rotatable bonds is 1. The second-order valence-electron chi connectivity index (χ2n) is 2.62. The van der Waals surface area contributed by atoms with Crippen molar-refractivity contribution in [2.75, 3.05) is 0 Å². The standard InChI is InChI=1S/C11H9/c1-2-9-7-10-5-3-4-6-11(10)8-9/h2-8H,1H2. The van der Waals surface area contributed by atoms with Gasteiger partial charge in [0.25, 0.3) is 0 Å². The summed E-state index contributed by atoms with van der Waals surface area (Å²) in [5.41, 5.74) is 3.79. The van der Waals surface area contributed by atoms with Gasteiger partial charge in [0.15, 0.2) is 0 Å². The minimum atomic E-state index is 1.20. The van der Waals surface area contributed by atoms with Gasteiger partial charge < -0.3 is 0 Å². The first-order valence-electron chi connectivity index (χ1n) is 3.68. The smallest absolute Gasteiger partial charge is 0.0205 e. The molecule has 1 aromatic carbocycles. The zero-order chi connectivity index (χ0) is 7.68. The average molecular weight is 141 g/mol. The fourth-order valence-electron chi connectivity index (χ4n) is 1.29. The summed E-state index contributed by atoms with van der Waals surface area (Å²) in [6.45, 7) is 3.73. The van der Waals surface area contributed by atoms with E-state index in [0.717, 1.165) is 0 Å². The summed E-state index contributed by atoms with van der Waals surface area (Å²) in [4.78, 5) is 0. The number of hydrogen-bond acceptors (Lipinski definition) is 0. The number of fused-ring (bicyclic) bond motifs is 1. The molecule has 1 aliphatic rings. The predicted molar refractivity (Wildman–Crippen MR) is 48.0 cm³/mol. The minimum Gasteiger partial charge on any atom is -0.0988 e. The number of allylic oxidation sites excluding steroid dienone is 2. The van der Waals surface area contributed by atoms with E-state index in [1.165, 1.54) is 16.7 Å². The maximum atomic E-state index is 3.73. The van der Waals surface area contributed by atoms with Crippen molar-refractivity contribution in [3.8, 4) is 0 Å². The van der Waals surface area contributed by atoms with Gasteiger partial charge in [-0.3, -0.25) is 0 Å². The molecule has 0 atom stereocenters. The summed E-state index contributed by atoms with van der Waals surface area (Å²) in [6, 6.07) is 8.33. The van der Waals surface area contributed by atoms with E-state index in [2.05, 4.69) is 43.3 Å². The molecule has 0 amide bonds. The van der Waals surface area contributed by atoms with Gasteiger partial charge in [0.2, 0.25) is 0 Å². The van der Waals surface area contributed by atoms with E-state index in [1.54, 1.807) is 0 Å². The van der Waals surface area contributed by atoms with Crippen LogP contribution in [-0.4, -0.2) is 0 Å². The zero-order valence-corrected chi connectivity index (χ0v) is 6.25. The highest BCUT2D eigenvalue weighted by molar-refractivity contribution is 5.71. The number of hydrogen-bond donors (Lipinski definition) is 0. The Hall–Kier alpha value is -1.30. The quantitative estimate of drug-likeness (QED) is 0.564. The molecule has 0 unspecified atom stereocenters. The molecule has 53 valence electrons. The monoisotopic (exact) mass is 141 g/mol. The van der Waals surface area contributed by atoms with Crippen molar-refractivity contribution in [3.63, 3.8) is 0 Å². The van der Waals surface area contributed by atoms with E-state index < -0.39 is 0 Å². The van der Waals surface area contributed by atoms with Crippen molar-refractivity contribution in [1.82, 2.24) is 0 Å². The molecule has 1 radical (unpaired) electrons. The summed E-state index contributed by atoms with van der Waals surface area (Å²) in [5, 5.41) is 0. The van der Waals surface area contributed by atoms with E-state index in [1.807, 2.05) is 6.08 Å². The summed E-state index contributed by atoms with van der Waals surface area (Å²) >= 11 is 0. The predicted octanol–water partition coefficient (Wildman–Crippen LogP) is 2.82. The van der Waals surface area contributed by atoms with Crippen LogP contribution in [0.3, 0.4) is 0 Å². The van der Waals surface area contributed by atoms with Gasteiger partial charge in [-0.2, -0.15) is 0 Å². The SMILES string of the molecule is C=CC1=Cc2ccccc2[CH]1. The maximum absolute atomic E-state index is 3.73. The van der Waals surface area contributed by atoms with Crippen molar-refractivity contribution >= 4 is 6.08 Å². The van der Waals surface area contributed by atoms with Gasteiger partial charge in [-0.25, -0.2) is 0 Å². The molecule has 0 N–H and O–H groups in total. The lowest BCUT2D eigenvalue weighted by atomic mass is 10.1. The Kier molecular flexibility index (Phi) is 1.39. The van der Waals surface area contributed by atoms with E-state index >= 15 is 0 Å². The van der Waals surface area contributed by atoms with Gasteiger partial charge in [-0.05, 0) is 16.7 Å². The summed E-state index contributed by atoms with van der Waals surface area (Å²) in [6.07, 6.45) is 6.16. The first-order valence-corrected chi connectivity index (χ1v) is 3.68. The first kappa shape index (κ1) is 6.41. The lowest BCUT2D eigenvalue weighted by Crippen LogP contribution is -1.77. The maximum Gasteiger partial charge on any atom is 0.0205 e. The van der Waals surface area contributed by atoms with E-state index in [-0.39, 0.29) is 0 Å². The molecule has 0 fully saturated rings. The Morgan fingerprint density at radius 1 is 1.09 bits per heavy atom. The molecule has 1 aromatic rings. The van der Waals surface area contributed by atoms with Crippen molar-refractivity contribution in [2.24, 2.45) is 0 Å². The van der Waals surface area contributed by atoms with Crippen LogP contribution in [0.1, 0.15) is 11.1 Å². The fraction of sp³-hybridized carbons (Fsp3) is 0. The Labute approximate surface area is 66.9 Å². The second-order valence-corrected chi connectivity index (χ2v) is 2.62. The molecular formula is C11H9. The van der Waals surface area contributed by atoms with Crippen LogP contribution in [0, 0.1) is 6.42 Å².